The second-order valence-corrected chi connectivity index (χ2v) is 4.43. The van der Waals surface area contributed by atoms with Gasteiger partial charge >= 0.3 is 0 Å². The molecule has 0 spiro atoms. The normalized spacial score (nSPS) is 18.3. The first-order valence-electron chi connectivity index (χ1n) is 4.61. The predicted molar refractivity (Wildman–Crippen MR) is 54.1 cm³/mol. The lowest BCUT2D eigenvalue weighted by Crippen LogP contribution is -2.23. The molecule has 1 aliphatic heterocycles. The van der Waals surface area contributed by atoms with Crippen molar-refractivity contribution in [2.75, 3.05) is 19.6 Å². The van der Waals surface area contributed by atoms with Crippen LogP contribution in [-0.4, -0.2) is 30.3 Å². The number of ketones is 1. The Kier molecular flexibility index (Phi) is 2.76. The fourth-order valence-electron chi connectivity index (χ4n) is 1.60. The molecule has 0 N–H and O–H groups in total. The van der Waals surface area contributed by atoms with Gasteiger partial charge in [0.2, 0.25) is 0 Å². The summed E-state index contributed by atoms with van der Waals surface area (Å²) in [5.41, 5.74) is 0. The van der Waals surface area contributed by atoms with Crippen molar-refractivity contribution in [2.45, 2.75) is 12.8 Å². The molecule has 2 nitrogen and oxygen atoms in total. The molecule has 13 heavy (non-hydrogen) atoms. The zero-order chi connectivity index (χ0) is 9.10. The molecule has 1 aromatic heterocycles. The minimum atomic E-state index is 0.395. The number of nitrogens with zero attached hydrogens (tertiary/aromatic N) is 1. The van der Waals surface area contributed by atoms with Gasteiger partial charge < -0.3 is 0 Å². The minimum Gasteiger partial charge on any atom is -0.298 e. The van der Waals surface area contributed by atoms with Crippen LogP contribution in [0, 0.1) is 0 Å². The van der Waals surface area contributed by atoms with Gasteiger partial charge in [-0.1, -0.05) is 6.07 Å². The first kappa shape index (κ1) is 8.91. The van der Waals surface area contributed by atoms with Crippen LogP contribution in [0.3, 0.4) is 0 Å². The van der Waals surface area contributed by atoms with Gasteiger partial charge in [-0.15, -0.1) is 11.3 Å². The predicted octanol–water partition coefficient (Wildman–Crippen LogP) is 1.57. The van der Waals surface area contributed by atoms with E-state index in [9.17, 15) is 4.79 Å². The van der Waals surface area contributed by atoms with E-state index in [2.05, 4.69) is 22.4 Å². The topological polar surface area (TPSA) is 20.3 Å². The first-order valence-corrected chi connectivity index (χ1v) is 5.49. The van der Waals surface area contributed by atoms with Gasteiger partial charge in [0.15, 0.2) is 0 Å². The lowest BCUT2D eigenvalue weighted by Gasteiger charge is -2.11. The summed E-state index contributed by atoms with van der Waals surface area (Å²) in [5.74, 6) is 0.395. The van der Waals surface area contributed by atoms with Crippen LogP contribution in [0.1, 0.15) is 11.3 Å². The lowest BCUT2D eigenvalue weighted by atomic mass is 10.3. The van der Waals surface area contributed by atoms with E-state index < -0.39 is 0 Å². The Morgan fingerprint density at radius 1 is 1.54 bits per heavy atom. The van der Waals surface area contributed by atoms with E-state index >= 15 is 0 Å². The van der Waals surface area contributed by atoms with Gasteiger partial charge in [-0.25, -0.2) is 0 Å². The molecule has 0 aliphatic carbocycles. The van der Waals surface area contributed by atoms with Crippen molar-refractivity contribution in [3.63, 3.8) is 0 Å². The summed E-state index contributed by atoms with van der Waals surface area (Å²) in [4.78, 5) is 14.6. The molecule has 0 saturated carbocycles. The number of rotatable bonds is 3. The van der Waals surface area contributed by atoms with Crippen LogP contribution in [0.4, 0.5) is 0 Å². The SMILES string of the molecule is O=C1CCN(CCc2cccs2)C1. The van der Waals surface area contributed by atoms with Crippen LogP contribution < -0.4 is 0 Å². The molecule has 1 aliphatic rings. The van der Waals surface area contributed by atoms with Crippen molar-refractivity contribution in [3.05, 3.63) is 22.4 Å². The maximum absolute atomic E-state index is 11.0. The first-order chi connectivity index (χ1) is 6.34. The van der Waals surface area contributed by atoms with Gasteiger partial charge in [-0.2, -0.15) is 0 Å². The molecule has 0 bridgehead atoms. The summed E-state index contributed by atoms with van der Waals surface area (Å²) >= 11 is 1.80. The number of Topliss-reactive ketones (excluding diaryl/α,β-unsaturated/α-hetero) is 1. The Labute approximate surface area is 82.2 Å². The van der Waals surface area contributed by atoms with E-state index in [4.69, 9.17) is 0 Å². The maximum Gasteiger partial charge on any atom is 0.148 e. The maximum atomic E-state index is 11.0. The van der Waals surface area contributed by atoms with Gasteiger partial charge in [0, 0.05) is 24.4 Å². The second-order valence-electron chi connectivity index (χ2n) is 3.39. The molecule has 1 saturated heterocycles. The summed E-state index contributed by atoms with van der Waals surface area (Å²) in [7, 11) is 0. The number of carbonyl (C=O) groups is 1. The number of hydrogen-bond acceptors (Lipinski definition) is 3. The molecular weight excluding hydrogens is 182 g/mol. The molecule has 1 aromatic rings. The van der Waals surface area contributed by atoms with Gasteiger partial charge in [-0.3, -0.25) is 9.69 Å². The molecule has 0 unspecified atom stereocenters. The Balaban J connectivity index is 1.77. The summed E-state index contributed by atoms with van der Waals surface area (Å²) < 4.78 is 0. The Bertz CT molecular complexity index is 281. The molecule has 0 atom stereocenters. The average molecular weight is 195 g/mol. The Hall–Kier alpha value is -0.670. The molecular formula is C10H13NOS. The van der Waals surface area contributed by atoms with Crippen molar-refractivity contribution in [3.8, 4) is 0 Å². The third kappa shape index (κ3) is 2.39. The smallest absolute Gasteiger partial charge is 0.148 e. The highest BCUT2D eigenvalue weighted by Crippen LogP contribution is 2.11. The van der Waals surface area contributed by atoms with Crippen molar-refractivity contribution in [1.29, 1.82) is 0 Å². The molecule has 0 aromatic carbocycles. The van der Waals surface area contributed by atoms with Crippen molar-refractivity contribution in [1.82, 2.24) is 4.90 Å². The van der Waals surface area contributed by atoms with E-state index in [0.717, 1.165) is 25.9 Å². The number of hydrogen-bond donors (Lipinski definition) is 0. The summed E-state index contributed by atoms with van der Waals surface area (Å²) in [5, 5.41) is 2.10. The molecule has 0 amide bonds. The molecule has 2 rings (SSSR count). The molecule has 70 valence electrons. The van der Waals surface area contributed by atoms with Gasteiger partial charge in [-0.05, 0) is 17.9 Å². The third-order valence-corrected chi connectivity index (χ3v) is 3.30. The van der Waals surface area contributed by atoms with Crippen molar-refractivity contribution < 1.29 is 4.79 Å². The van der Waals surface area contributed by atoms with Crippen LogP contribution in [0.2, 0.25) is 0 Å². The highest BCUT2D eigenvalue weighted by molar-refractivity contribution is 7.09. The number of thiophene rings is 1. The highest BCUT2D eigenvalue weighted by atomic mass is 32.1. The van der Waals surface area contributed by atoms with Crippen LogP contribution in [0.5, 0.6) is 0 Å². The zero-order valence-electron chi connectivity index (χ0n) is 7.53. The number of likely N-dealkylation sites (tertiary alicyclic amines) is 1. The fourth-order valence-corrected chi connectivity index (χ4v) is 2.30. The van der Waals surface area contributed by atoms with Gasteiger partial charge in [0.1, 0.15) is 5.78 Å². The van der Waals surface area contributed by atoms with E-state index in [1.165, 1.54) is 4.88 Å². The standard InChI is InChI=1S/C10H13NOS/c12-9-3-5-11(8-9)6-4-10-2-1-7-13-10/h1-2,7H,3-6,8H2. The second kappa shape index (κ2) is 4.03. The third-order valence-electron chi connectivity index (χ3n) is 2.36. The largest absolute Gasteiger partial charge is 0.298 e. The fraction of sp³-hybridized carbons (Fsp3) is 0.500. The average Bonchev–Trinajstić information content (AvgIpc) is 2.71. The molecule has 3 heteroatoms. The zero-order valence-corrected chi connectivity index (χ0v) is 8.35. The Morgan fingerprint density at radius 2 is 2.46 bits per heavy atom. The summed E-state index contributed by atoms with van der Waals surface area (Å²) in [6.07, 6.45) is 1.84. The van der Waals surface area contributed by atoms with E-state index in [1.54, 1.807) is 11.3 Å². The highest BCUT2D eigenvalue weighted by Gasteiger charge is 2.18. The molecule has 1 fully saturated rings. The van der Waals surface area contributed by atoms with Crippen LogP contribution in [-0.2, 0) is 11.2 Å². The van der Waals surface area contributed by atoms with Crippen molar-refractivity contribution >= 4 is 17.1 Å². The van der Waals surface area contributed by atoms with Gasteiger partial charge in [0.05, 0.1) is 6.54 Å². The van der Waals surface area contributed by atoms with Crippen molar-refractivity contribution in [2.24, 2.45) is 0 Å². The summed E-state index contributed by atoms with van der Waals surface area (Å²) in [6, 6.07) is 4.23. The number of carbonyl (C=O) groups excluding carboxylic acids is 1. The van der Waals surface area contributed by atoms with E-state index in [-0.39, 0.29) is 0 Å². The van der Waals surface area contributed by atoms with Gasteiger partial charge in [0.25, 0.3) is 0 Å². The monoisotopic (exact) mass is 195 g/mol. The minimum absolute atomic E-state index is 0.395. The van der Waals surface area contributed by atoms with Crippen LogP contribution >= 0.6 is 11.3 Å². The molecule has 0 radical (unpaired) electrons. The van der Waals surface area contributed by atoms with E-state index in [1.807, 2.05) is 0 Å². The Morgan fingerprint density at radius 3 is 3.08 bits per heavy atom. The summed E-state index contributed by atoms with van der Waals surface area (Å²) in [6.45, 7) is 2.67. The van der Waals surface area contributed by atoms with Crippen LogP contribution in [0.15, 0.2) is 17.5 Å². The van der Waals surface area contributed by atoms with E-state index in [0.29, 0.717) is 12.3 Å². The lowest BCUT2D eigenvalue weighted by molar-refractivity contribution is -0.116. The quantitative estimate of drug-likeness (QED) is 0.729. The molecule has 2 heterocycles. The van der Waals surface area contributed by atoms with Crippen LogP contribution in [0.25, 0.3) is 0 Å².